The molecule has 76 valence electrons. The number of hydrogen-bond donors (Lipinski definition) is 1. The van der Waals surface area contributed by atoms with E-state index in [0.717, 1.165) is 11.1 Å². The van der Waals surface area contributed by atoms with Crippen LogP contribution in [0.5, 0.6) is 0 Å². The Kier molecular flexibility index (Phi) is 2.48. The van der Waals surface area contributed by atoms with Crippen molar-refractivity contribution in [3.05, 3.63) is 34.9 Å². The van der Waals surface area contributed by atoms with Crippen LogP contribution in [-0.2, 0) is 11.3 Å². The Labute approximate surface area is 80.7 Å². The maximum Gasteiger partial charge on any atom is 0.263 e. The van der Waals surface area contributed by atoms with E-state index in [9.17, 15) is 8.78 Å². The maximum absolute atomic E-state index is 12.4. The summed E-state index contributed by atoms with van der Waals surface area (Å²) in [5.41, 5.74) is 7.49. The first-order chi connectivity index (χ1) is 6.68. The van der Waals surface area contributed by atoms with Gasteiger partial charge in [0.25, 0.3) is 6.43 Å². The van der Waals surface area contributed by atoms with Crippen molar-refractivity contribution in [2.24, 2.45) is 5.73 Å². The Balaban J connectivity index is 2.39. The minimum Gasteiger partial charge on any atom is -0.375 e. The molecular weight excluding hydrogens is 188 g/mol. The van der Waals surface area contributed by atoms with Gasteiger partial charge in [0.05, 0.1) is 19.3 Å². The fourth-order valence-electron chi connectivity index (χ4n) is 1.63. The zero-order chi connectivity index (χ0) is 10.1. The van der Waals surface area contributed by atoms with Crippen LogP contribution in [0.25, 0.3) is 0 Å². The van der Waals surface area contributed by atoms with Gasteiger partial charge in [-0.3, -0.25) is 0 Å². The Morgan fingerprint density at radius 1 is 1.43 bits per heavy atom. The lowest BCUT2D eigenvalue weighted by atomic mass is 9.97. The average Bonchev–Trinajstić information content (AvgIpc) is 2.17. The Morgan fingerprint density at radius 3 is 2.93 bits per heavy atom. The predicted octanol–water partition coefficient (Wildman–Crippen LogP) is 2.15. The van der Waals surface area contributed by atoms with Crippen molar-refractivity contribution in [3.63, 3.8) is 0 Å². The van der Waals surface area contributed by atoms with Gasteiger partial charge in [0.15, 0.2) is 0 Å². The smallest absolute Gasteiger partial charge is 0.263 e. The summed E-state index contributed by atoms with van der Waals surface area (Å²) >= 11 is 0. The lowest BCUT2D eigenvalue weighted by Gasteiger charge is -2.23. The summed E-state index contributed by atoms with van der Waals surface area (Å²) in [5.74, 6) is 0. The number of halogens is 2. The molecule has 4 heteroatoms. The van der Waals surface area contributed by atoms with Crippen molar-refractivity contribution >= 4 is 0 Å². The molecule has 0 radical (unpaired) electrons. The summed E-state index contributed by atoms with van der Waals surface area (Å²) < 4.78 is 29.9. The zero-order valence-electron chi connectivity index (χ0n) is 7.54. The third kappa shape index (κ3) is 1.63. The third-order valence-corrected chi connectivity index (χ3v) is 2.37. The van der Waals surface area contributed by atoms with E-state index in [-0.39, 0.29) is 11.6 Å². The molecule has 0 spiro atoms. The quantitative estimate of drug-likeness (QED) is 0.752. The van der Waals surface area contributed by atoms with Crippen molar-refractivity contribution in [1.29, 1.82) is 0 Å². The van der Waals surface area contributed by atoms with E-state index in [4.69, 9.17) is 10.5 Å². The van der Waals surface area contributed by atoms with Gasteiger partial charge in [-0.2, -0.15) is 0 Å². The minimum absolute atomic E-state index is 0.0291. The largest absolute Gasteiger partial charge is 0.375 e. The van der Waals surface area contributed by atoms with Crippen molar-refractivity contribution in [1.82, 2.24) is 0 Å². The van der Waals surface area contributed by atoms with Crippen molar-refractivity contribution < 1.29 is 13.5 Å². The van der Waals surface area contributed by atoms with Crippen molar-refractivity contribution in [2.45, 2.75) is 19.1 Å². The predicted molar refractivity (Wildman–Crippen MR) is 48.0 cm³/mol. The summed E-state index contributed by atoms with van der Waals surface area (Å²) in [6.45, 7) is 0.838. The molecule has 0 bridgehead atoms. The maximum atomic E-state index is 12.4. The van der Waals surface area contributed by atoms with Crippen LogP contribution in [0.15, 0.2) is 18.2 Å². The van der Waals surface area contributed by atoms with Crippen LogP contribution in [0.3, 0.4) is 0 Å². The molecule has 0 saturated carbocycles. The third-order valence-electron chi connectivity index (χ3n) is 2.37. The first-order valence-electron chi connectivity index (χ1n) is 4.42. The lowest BCUT2D eigenvalue weighted by molar-refractivity contribution is 0.0916. The summed E-state index contributed by atoms with van der Waals surface area (Å²) in [5, 5.41) is 0. The second-order valence-electron chi connectivity index (χ2n) is 3.38. The molecule has 0 aliphatic carbocycles. The van der Waals surface area contributed by atoms with Gasteiger partial charge in [0.2, 0.25) is 0 Å². The number of rotatable bonds is 1. The van der Waals surface area contributed by atoms with Gasteiger partial charge in [0.1, 0.15) is 0 Å². The highest BCUT2D eigenvalue weighted by molar-refractivity contribution is 5.35. The van der Waals surface area contributed by atoms with Crippen LogP contribution in [-0.4, -0.2) is 6.61 Å². The molecule has 0 unspecified atom stereocenters. The monoisotopic (exact) mass is 199 g/mol. The van der Waals surface area contributed by atoms with Crippen LogP contribution in [0.1, 0.15) is 29.2 Å². The lowest BCUT2D eigenvalue weighted by Crippen LogP contribution is -2.23. The fraction of sp³-hybridized carbons (Fsp3) is 0.400. The second-order valence-corrected chi connectivity index (χ2v) is 3.38. The van der Waals surface area contributed by atoms with Crippen molar-refractivity contribution in [2.75, 3.05) is 6.61 Å². The summed E-state index contributed by atoms with van der Waals surface area (Å²) in [6.07, 6.45) is -2.43. The van der Waals surface area contributed by atoms with E-state index in [1.165, 1.54) is 12.1 Å². The molecule has 1 atom stereocenters. The molecule has 1 aromatic rings. The molecule has 0 fully saturated rings. The van der Waals surface area contributed by atoms with Crippen LogP contribution < -0.4 is 5.73 Å². The second kappa shape index (κ2) is 3.63. The van der Waals surface area contributed by atoms with E-state index >= 15 is 0 Å². The minimum atomic E-state index is -2.43. The van der Waals surface area contributed by atoms with Crippen molar-refractivity contribution in [3.8, 4) is 0 Å². The van der Waals surface area contributed by atoms with E-state index in [2.05, 4.69) is 0 Å². The molecule has 0 aromatic heterocycles. The topological polar surface area (TPSA) is 35.2 Å². The van der Waals surface area contributed by atoms with Gasteiger partial charge in [-0.25, -0.2) is 8.78 Å². The molecule has 1 aliphatic rings. The Bertz CT molecular complexity index is 341. The molecule has 2 N–H and O–H groups in total. The number of hydrogen-bond acceptors (Lipinski definition) is 2. The van der Waals surface area contributed by atoms with Gasteiger partial charge in [-0.05, 0) is 17.2 Å². The van der Waals surface area contributed by atoms with Gasteiger partial charge in [-0.1, -0.05) is 12.1 Å². The van der Waals surface area contributed by atoms with Gasteiger partial charge < -0.3 is 10.5 Å². The molecule has 1 heterocycles. The number of fused-ring (bicyclic) bond motifs is 1. The molecule has 1 aromatic carbocycles. The molecule has 0 saturated heterocycles. The van der Waals surface area contributed by atoms with Gasteiger partial charge >= 0.3 is 0 Å². The summed E-state index contributed by atoms with van der Waals surface area (Å²) in [4.78, 5) is 0. The molecule has 0 amide bonds. The number of alkyl halides is 2. The Morgan fingerprint density at radius 2 is 2.21 bits per heavy atom. The van der Waals surface area contributed by atoms with Crippen LogP contribution in [0, 0.1) is 0 Å². The zero-order valence-corrected chi connectivity index (χ0v) is 7.54. The van der Waals surface area contributed by atoms with E-state index < -0.39 is 6.43 Å². The normalized spacial score (nSPS) is 21.0. The molecule has 2 nitrogen and oxygen atoms in total. The van der Waals surface area contributed by atoms with E-state index in [0.29, 0.717) is 13.2 Å². The number of benzene rings is 1. The summed E-state index contributed by atoms with van der Waals surface area (Å²) in [6, 6.07) is 4.38. The van der Waals surface area contributed by atoms with Gasteiger partial charge in [-0.15, -0.1) is 0 Å². The molecular formula is C10H11F2NO. The SMILES string of the molecule is N[C@@H]1COCc2cc(C(F)F)ccc21. The van der Waals surface area contributed by atoms with Gasteiger partial charge in [0, 0.05) is 5.56 Å². The first-order valence-corrected chi connectivity index (χ1v) is 4.42. The number of ether oxygens (including phenoxy) is 1. The summed E-state index contributed by atoms with van der Waals surface area (Å²) in [7, 11) is 0. The molecule has 14 heavy (non-hydrogen) atoms. The average molecular weight is 199 g/mol. The first kappa shape index (κ1) is 9.55. The number of nitrogens with two attached hydrogens (primary N) is 1. The van der Waals surface area contributed by atoms with E-state index in [1.54, 1.807) is 6.07 Å². The Hall–Kier alpha value is -1.00. The van der Waals surface area contributed by atoms with Crippen LogP contribution >= 0.6 is 0 Å². The van der Waals surface area contributed by atoms with Crippen LogP contribution in [0.2, 0.25) is 0 Å². The van der Waals surface area contributed by atoms with E-state index in [1.807, 2.05) is 0 Å². The fourth-order valence-corrected chi connectivity index (χ4v) is 1.63. The highest BCUT2D eigenvalue weighted by Gasteiger charge is 2.18. The standard InChI is InChI=1S/C10H11F2NO/c11-10(12)6-1-2-8-7(3-6)4-14-5-9(8)13/h1-3,9-10H,4-5,13H2/t9-/m1/s1. The highest BCUT2D eigenvalue weighted by Crippen LogP contribution is 2.27. The molecule has 2 rings (SSSR count). The molecule has 1 aliphatic heterocycles. The highest BCUT2D eigenvalue weighted by atomic mass is 19.3. The van der Waals surface area contributed by atoms with Crippen LogP contribution in [0.4, 0.5) is 8.78 Å².